The van der Waals surface area contributed by atoms with E-state index in [2.05, 4.69) is 31.7 Å². The summed E-state index contributed by atoms with van der Waals surface area (Å²) in [6, 6.07) is 9.37. The minimum atomic E-state index is -1.05. The molecular weight excluding hydrogens is 344 g/mol. The molecule has 0 fully saturated rings. The Kier molecular flexibility index (Phi) is 4.58. The number of rotatable bonds is 5. The molecule has 2 heterocycles. The number of thioether (sulfide) groups is 1. The first-order valence-electron chi connectivity index (χ1n) is 6.94. The molecule has 0 bridgehead atoms. The SMILES string of the molecule is N#Cc1c(-c2ccc(C(=O)O)cc2)cc(=O)[nH]c1SCc1nn[nH]n1. The molecule has 2 aromatic heterocycles. The predicted molar refractivity (Wildman–Crippen MR) is 87.9 cm³/mol. The van der Waals surface area contributed by atoms with E-state index in [1.165, 1.54) is 30.0 Å². The lowest BCUT2D eigenvalue weighted by molar-refractivity contribution is 0.0697. The number of nitrogens with zero attached hydrogens (tertiary/aromatic N) is 4. The van der Waals surface area contributed by atoms with E-state index >= 15 is 0 Å². The number of carboxylic acid groups (broad SMARTS) is 1. The van der Waals surface area contributed by atoms with Crippen LogP contribution < -0.4 is 5.56 Å². The van der Waals surface area contributed by atoms with Gasteiger partial charge in [0.05, 0.1) is 21.9 Å². The highest BCUT2D eigenvalue weighted by molar-refractivity contribution is 7.98. The van der Waals surface area contributed by atoms with E-state index in [1.54, 1.807) is 12.1 Å². The Bertz CT molecular complexity index is 1010. The second-order valence-electron chi connectivity index (χ2n) is 4.86. The zero-order valence-corrected chi connectivity index (χ0v) is 13.4. The summed E-state index contributed by atoms with van der Waals surface area (Å²) in [6.07, 6.45) is 0. The van der Waals surface area contributed by atoms with Crippen molar-refractivity contribution in [3.8, 4) is 17.2 Å². The summed E-state index contributed by atoms with van der Waals surface area (Å²) in [4.78, 5) is 25.5. The molecule has 3 N–H and O–H groups in total. The quantitative estimate of drug-likeness (QED) is 0.582. The summed E-state index contributed by atoms with van der Waals surface area (Å²) in [7, 11) is 0. The van der Waals surface area contributed by atoms with Crippen LogP contribution in [0.3, 0.4) is 0 Å². The average molecular weight is 354 g/mol. The average Bonchev–Trinajstić information content (AvgIpc) is 3.13. The van der Waals surface area contributed by atoms with Crippen molar-refractivity contribution >= 4 is 17.7 Å². The van der Waals surface area contributed by atoms with Crippen LogP contribution in [0.4, 0.5) is 0 Å². The summed E-state index contributed by atoms with van der Waals surface area (Å²) in [5.41, 5.74) is 1.05. The van der Waals surface area contributed by atoms with E-state index in [-0.39, 0.29) is 16.7 Å². The second kappa shape index (κ2) is 6.98. The molecule has 10 heteroatoms. The molecule has 0 radical (unpaired) electrons. The Morgan fingerprint density at radius 3 is 2.68 bits per heavy atom. The van der Waals surface area contributed by atoms with Crippen LogP contribution in [0.2, 0.25) is 0 Å². The van der Waals surface area contributed by atoms with Gasteiger partial charge in [-0.25, -0.2) is 4.79 Å². The Hall–Kier alpha value is -3.45. The van der Waals surface area contributed by atoms with Crippen molar-refractivity contribution in [1.29, 1.82) is 5.26 Å². The van der Waals surface area contributed by atoms with Crippen LogP contribution in [0.25, 0.3) is 11.1 Å². The third-order valence-electron chi connectivity index (χ3n) is 3.30. The van der Waals surface area contributed by atoms with Crippen molar-refractivity contribution in [2.24, 2.45) is 0 Å². The van der Waals surface area contributed by atoms with Crippen LogP contribution >= 0.6 is 11.8 Å². The topological polar surface area (TPSA) is 148 Å². The van der Waals surface area contributed by atoms with E-state index < -0.39 is 5.97 Å². The maximum atomic E-state index is 12.0. The monoisotopic (exact) mass is 354 g/mol. The normalized spacial score (nSPS) is 10.4. The van der Waals surface area contributed by atoms with Gasteiger partial charge in [-0.05, 0) is 17.7 Å². The van der Waals surface area contributed by atoms with Crippen LogP contribution in [-0.2, 0) is 5.75 Å². The van der Waals surface area contributed by atoms with Gasteiger partial charge in [-0.15, -0.1) is 10.2 Å². The van der Waals surface area contributed by atoms with E-state index in [4.69, 9.17) is 5.11 Å². The number of carboxylic acids is 1. The van der Waals surface area contributed by atoms with Gasteiger partial charge < -0.3 is 10.1 Å². The van der Waals surface area contributed by atoms with Crippen molar-refractivity contribution in [3.63, 3.8) is 0 Å². The molecule has 0 saturated heterocycles. The van der Waals surface area contributed by atoms with Crippen LogP contribution in [0.15, 0.2) is 40.2 Å². The highest BCUT2D eigenvalue weighted by atomic mass is 32.2. The number of H-pyrrole nitrogens is 2. The third kappa shape index (κ3) is 3.56. The first kappa shape index (κ1) is 16.4. The number of carbonyl (C=O) groups is 1. The molecule has 9 nitrogen and oxygen atoms in total. The number of nitrogens with one attached hydrogen (secondary N) is 2. The van der Waals surface area contributed by atoms with Crippen molar-refractivity contribution in [1.82, 2.24) is 25.6 Å². The van der Waals surface area contributed by atoms with E-state index in [0.717, 1.165) is 0 Å². The van der Waals surface area contributed by atoms with Crippen molar-refractivity contribution < 1.29 is 9.90 Å². The number of tetrazole rings is 1. The van der Waals surface area contributed by atoms with E-state index in [1.807, 2.05) is 0 Å². The van der Waals surface area contributed by atoms with Gasteiger partial charge in [0.25, 0.3) is 0 Å². The van der Waals surface area contributed by atoms with Gasteiger partial charge in [-0.1, -0.05) is 29.1 Å². The summed E-state index contributed by atoms with van der Waals surface area (Å²) >= 11 is 1.20. The fourth-order valence-corrected chi connectivity index (χ4v) is 3.02. The van der Waals surface area contributed by atoms with Crippen LogP contribution in [0.1, 0.15) is 21.7 Å². The van der Waals surface area contributed by atoms with Gasteiger partial charge in [0, 0.05) is 11.6 Å². The fraction of sp³-hybridized carbons (Fsp3) is 0.0667. The molecule has 0 atom stereocenters. The lowest BCUT2D eigenvalue weighted by Crippen LogP contribution is -2.08. The molecule has 3 rings (SSSR count). The molecule has 0 amide bonds. The number of hydrogen-bond acceptors (Lipinski definition) is 7. The number of aromatic nitrogens is 5. The predicted octanol–water partition coefficient (Wildman–Crippen LogP) is 1.42. The Morgan fingerprint density at radius 2 is 2.08 bits per heavy atom. The summed E-state index contributed by atoms with van der Waals surface area (Å²) in [5, 5.41) is 32.3. The lowest BCUT2D eigenvalue weighted by atomic mass is 10.0. The molecule has 0 spiro atoms. The maximum Gasteiger partial charge on any atom is 0.335 e. The summed E-state index contributed by atoms with van der Waals surface area (Å²) in [5.74, 6) is -0.289. The molecule has 124 valence electrons. The minimum absolute atomic E-state index is 0.124. The Morgan fingerprint density at radius 1 is 1.32 bits per heavy atom. The standard InChI is InChI=1S/C15H10N6O3S/c16-6-11-10(8-1-3-9(4-2-8)15(23)24)5-13(22)17-14(11)25-7-12-18-20-21-19-12/h1-5H,7H2,(H,17,22)(H,23,24)(H,18,19,20,21). The zero-order valence-electron chi connectivity index (χ0n) is 12.6. The molecule has 25 heavy (non-hydrogen) atoms. The highest BCUT2D eigenvalue weighted by Gasteiger charge is 2.14. The molecule has 0 unspecified atom stereocenters. The van der Waals surface area contributed by atoms with Crippen molar-refractivity contribution in [3.05, 3.63) is 57.6 Å². The first-order valence-corrected chi connectivity index (χ1v) is 7.93. The fourth-order valence-electron chi connectivity index (χ4n) is 2.16. The van der Waals surface area contributed by atoms with Crippen LogP contribution in [0, 0.1) is 11.3 Å². The molecule has 0 aliphatic heterocycles. The smallest absolute Gasteiger partial charge is 0.335 e. The third-order valence-corrected chi connectivity index (χ3v) is 4.30. The van der Waals surface area contributed by atoms with Crippen molar-refractivity contribution in [2.45, 2.75) is 10.8 Å². The number of aromatic amines is 2. The van der Waals surface area contributed by atoms with Crippen molar-refractivity contribution in [2.75, 3.05) is 0 Å². The number of pyridine rings is 1. The van der Waals surface area contributed by atoms with Gasteiger partial charge in [-0.2, -0.15) is 10.5 Å². The van der Waals surface area contributed by atoms with Gasteiger partial charge >= 0.3 is 5.97 Å². The maximum absolute atomic E-state index is 12.0. The molecule has 0 aliphatic rings. The first-order chi connectivity index (χ1) is 12.1. The van der Waals surface area contributed by atoms with Gasteiger partial charge in [-0.3, -0.25) is 4.79 Å². The highest BCUT2D eigenvalue weighted by Crippen LogP contribution is 2.29. The van der Waals surface area contributed by atoms with Gasteiger partial charge in [0.2, 0.25) is 5.56 Å². The second-order valence-corrected chi connectivity index (χ2v) is 5.85. The molecule has 3 aromatic rings. The van der Waals surface area contributed by atoms with Gasteiger partial charge in [0.15, 0.2) is 5.82 Å². The zero-order chi connectivity index (χ0) is 17.8. The number of hydrogen-bond donors (Lipinski definition) is 3. The lowest BCUT2D eigenvalue weighted by Gasteiger charge is -2.08. The molecular formula is C15H10N6O3S. The van der Waals surface area contributed by atoms with Gasteiger partial charge in [0.1, 0.15) is 6.07 Å². The Labute approximate surface area is 144 Å². The number of nitriles is 1. The molecule has 0 saturated carbocycles. The summed E-state index contributed by atoms with van der Waals surface area (Å²) in [6.45, 7) is 0. The van der Waals surface area contributed by atoms with E-state index in [9.17, 15) is 14.9 Å². The molecule has 0 aliphatic carbocycles. The van der Waals surface area contributed by atoms with E-state index in [0.29, 0.717) is 27.7 Å². The van der Waals surface area contributed by atoms with Crippen LogP contribution in [-0.4, -0.2) is 36.7 Å². The number of benzene rings is 1. The number of aromatic carboxylic acids is 1. The summed E-state index contributed by atoms with van der Waals surface area (Å²) < 4.78 is 0. The Balaban J connectivity index is 2.00. The largest absolute Gasteiger partial charge is 0.478 e. The van der Waals surface area contributed by atoms with Crippen LogP contribution in [0.5, 0.6) is 0 Å². The molecule has 1 aromatic carbocycles. The minimum Gasteiger partial charge on any atom is -0.478 e.